The van der Waals surface area contributed by atoms with Gasteiger partial charge >= 0.3 is 0 Å². The summed E-state index contributed by atoms with van der Waals surface area (Å²) in [6.45, 7) is 6.27. The van der Waals surface area contributed by atoms with Gasteiger partial charge in [-0.2, -0.15) is 0 Å². The molecule has 0 aromatic heterocycles. The van der Waals surface area contributed by atoms with Crippen LogP contribution in [0.1, 0.15) is 25.0 Å². The molecule has 0 saturated carbocycles. The summed E-state index contributed by atoms with van der Waals surface area (Å²) in [7, 11) is 0. The Balaban J connectivity index is 2.06. The maximum atomic E-state index is 5.98. The summed E-state index contributed by atoms with van der Waals surface area (Å²) in [5.74, 6) is 0. The van der Waals surface area contributed by atoms with Gasteiger partial charge in [-0.15, -0.1) is 0 Å². The molecule has 1 aliphatic rings. The zero-order valence-corrected chi connectivity index (χ0v) is 13.8. The van der Waals surface area contributed by atoms with Crippen molar-refractivity contribution in [1.82, 2.24) is 0 Å². The van der Waals surface area contributed by atoms with Crippen LogP contribution in [0.15, 0.2) is 60.9 Å². The van der Waals surface area contributed by atoms with Crippen molar-refractivity contribution in [3.05, 3.63) is 77.0 Å². The van der Waals surface area contributed by atoms with Crippen LogP contribution in [-0.2, 0) is 4.74 Å². The summed E-state index contributed by atoms with van der Waals surface area (Å²) in [6.07, 6.45) is 5.98. The summed E-state index contributed by atoms with van der Waals surface area (Å²) in [5, 5.41) is 0.757. The highest BCUT2D eigenvalue weighted by Gasteiger charge is 2.19. The van der Waals surface area contributed by atoms with Gasteiger partial charge in [-0.25, -0.2) is 0 Å². The third-order valence-electron chi connectivity index (χ3n) is 3.85. The number of ether oxygens (including phenoxy) is 1. The van der Waals surface area contributed by atoms with Crippen LogP contribution in [0.3, 0.4) is 0 Å². The lowest BCUT2D eigenvalue weighted by atomic mass is 9.91. The summed E-state index contributed by atoms with van der Waals surface area (Å²) in [6, 6.07) is 14.5. The molecule has 0 atom stereocenters. The molecular weight excluding hydrogens is 292 g/mol. The maximum absolute atomic E-state index is 5.98. The van der Waals surface area contributed by atoms with E-state index in [0.717, 1.165) is 5.02 Å². The molecule has 0 radical (unpaired) electrons. The van der Waals surface area contributed by atoms with E-state index in [9.17, 15) is 0 Å². The largest absolute Gasteiger partial charge is 0.491 e. The SMILES string of the molecule is Cc1ccc(-c2ccc(Cl)cc2)cc1C1=CC(C)(C)OC=C1. The van der Waals surface area contributed by atoms with Crippen LogP contribution in [0.4, 0.5) is 0 Å². The topological polar surface area (TPSA) is 9.23 Å². The van der Waals surface area contributed by atoms with Crippen LogP contribution in [0.25, 0.3) is 16.7 Å². The number of rotatable bonds is 2. The second-order valence-corrected chi connectivity index (χ2v) is 6.60. The summed E-state index contributed by atoms with van der Waals surface area (Å²) in [5.41, 5.74) is 5.78. The minimum absolute atomic E-state index is 0.271. The van der Waals surface area contributed by atoms with Crippen molar-refractivity contribution in [2.24, 2.45) is 0 Å². The Hall–Kier alpha value is -1.99. The highest BCUT2D eigenvalue weighted by molar-refractivity contribution is 6.30. The highest BCUT2D eigenvalue weighted by atomic mass is 35.5. The number of allylic oxidation sites excluding steroid dienone is 2. The molecule has 112 valence electrons. The van der Waals surface area contributed by atoms with Gasteiger partial charge in [0.1, 0.15) is 5.60 Å². The van der Waals surface area contributed by atoms with Crippen LogP contribution in [0, 0.1) is 6.92 Å². The molecule has 0 saturated heterocycles. The fraction of sp³-hybridized carbons (Fsp3) is 0.200. The van der Waals surface area contributed by atoms with Gasteiger partial charge in [0.2, 0.25) is 0 Å². The van der Waals surface area contributed by atoms with Crippen LogP contribution in [0.2, 0.25) is 5.02 Å². The average Bonchev–Trinajstić information content (AvgIpc) is 2.48. The van der Waals surface area contributed by atoms with E-state index in [2.05, 4.69) is 57.2 Å². The first-order chi connectivity index (χ1) is 10.4. The third kappa shape index (κ3) is 3.10. The Labute approximate surface area is 136 Å². The smallest absolute Gasteiger partial charge is 0.122 e. The number of benzene rings is 2. The van der Waals surface area contributed by atoms with Gasteiger partial charge in [-0.3, -0.25) is 0 Å². The van der Waals surface area contributed by atoms with Crippen molar-refractivity contribution >= 4 is 17.2 Å². The quantitative estimate of drug-likeness (QED) is 0.659. The lowest BCUT2D eigenvalue weighted by Crippen LogP contribution is -2.20. The summed E-state index contributed by atoms with van der Waals surface area (Å²) >= 11 is 5.98. The molecule has 1 heterocycles. The third-order valence-corrected chi connectivity index (χ3v) is 4.10. The van der Waals surface area contributed by atoms with E-state index in [1.165, 1.54) is 27.8 Å². The standard InChI is InChI=1S/C20H19ClO/c1-14-4-5-16(15-6-8-18(21)9-7-15)12-19(14)17-10-11-22-20(2,3)13-17/h4-13H,1-3H3. The normalized spacial score (nSPS) is 16.1. The minimum atomic E-state index is -0.271. The molecule has 0 spiro atoms. The van der Waals surface area contributed by atoms with E-state index >= 15 is 0 Å². The van der Waals surface area contributed by atoms with Crippen LogP contribution < -0.4 is 0 Å². The Morgan fingerprint density at radius 1 is 0.955 bits per heavy atom. The van der Waals surface area contributed by atoms with Gasteiger partial charge in [0.05, 0.1) is 6.26 Å². The van der Waals surface area contributed by atoms with Crippen molar-refractivity contribution in [3.63, 3.8) is 0 Å². The zero-order valence-electron chi connectivity index (χ0n) is 13.1. The Morgan fingerprint density at radius 2 is 1.64 bits per heavy atom. The van der Waals surface area contributed by atoms with Crippen LogP contribution in [-0.4, -0.2) is 5.60 Å². The molecule has 0 amide bonds. The molecule has 0 unspecified atom stereocenters. The molecule has 22 heavy (non-hydrogen) atoms. The molecule has 2 heteroatoms. The molecule has 2 aromatic carbocycles. The molecule has 1 nitrogen and oxygen atoms in total. The van der Waals surface area contributed by atoms with Crippen molar-refractivity contribution in [3.8, 4) is 11.1 Å². The monoisotopic (exact) mass is 310 g/mol. The molecule has 2 aromatic rings. The van der Waals surface area contributed by atoms with Gasteiger partial charge in [0, 0.05) is 5.02 Å². The number of halogens is 1. The Kier molecular flexibility index (Phi) is 3.84. The molecule has 0 aliphatic carbocycles. The first kappa shape index (κ1) is 14.9. The molecule has 0 bridgehead atoms. The zero-order chi connectivity index (χ0) is 15.7. The number of hydrogen-bond donors (Lipinski definition) is 0. The van der Waals surface area contributed by atoms with Gasteiger partial charge in [0.25, 0.3) is 0 Å². The summed E-state index contributed by atoms with van der Waals surface area (Å²) in [4.78, 5) is 0. The lowest BCUT2D eigenvalue weighted by molar-refractivity contribution is 0.103. The van der Waals surface area contributed by atoms with Crippen molar-refractivity contribution < 1.29 is 4.74 Å². The lowest BCUT2D eigenvalue weighted by Gasteiger charge is -2.25. The van der Waals surface area contributed by atoms with Gasteiger partial charge in [0.15, 0.2) is 0 Å². The van der Waals surface area contributed by atoms with Crippen molar-refractivity contribution in [1.29, 1.82) is 0 Å². The Morgan fingerprint density at radius 3 is 2.32 bits per heavy atom. The maximum Gasteiger partial charge on any atom is 0.122 e. The van der Waals surface area contributed by atoms with Crippen LogP contribution in [0.5, 0.6) is 0 Å². The van der Waals surface area contributed by atoms with Gasteiger partial charge in [-0.1, -0.05) is 35.9 Å². The number of aryl methyl sites for hydroxylation is 1. The van der Waals surface area contributed by atoms with Gasteiger partial charge in [-0.05, 0) is 78.9 Å². The van der Waals surface area contributed by atoms with Crippen LogP contribution >= 0.6 is 11.6 Å². The molecule has 1 aliphatic heterocycles. The van der Waals surface area contributed by atoms with E-state index in [-0.39, 0.29) is 5.60 Å². The van der Waals surface area contributed by atoms with Gasteiger partial charge < -0.3 is 4.74 Å². The van der Waals surface area contributed by atoms with E-state index < -0.39 is 0 Å². The first-order valence-corrected chi connectivity index (χ1v) is 7.77. The molecule has 0 N–H and O–H groups in total. The second-order valence-electron chi connectivity index (χ2n) is 6.16. The highest BCUT2D eigenvalue weighted by Crippen LogP contribution is 2.32. The first-order valence-electron chi connectivity index (χ1n) is 7.39. The number of hydrogen-bond acceptors (Lipinski definition) is 1. The molecule has 3 rings (SSSR count). The van der Waals surface area contributed by atoms with E-state index in [4.69, 9.17) is 16.3 Å². The van der Waals surface area contributed by atoms with E-state index in [0.29, 0.717) is 0 Å². The van der Waals surface area contributed by atoms with E-state index in [1.807, 2.05) is 18.2 Å². The molecule has 0 fully saturated rings. The van der Waals surface area contributed by atoms with Crippen molar-refractivity contribution in [2.45, 2.75) is 26.4 Å². The predicted octanol–water partition coefficient (Wildman–Crippen LogP) is 6.02. The minimum Gasteiger partial charge on any atom is -0.491 e. The average molecular weight is 311 g/mol. The fourth-order valence-corrected chi connectivity index (χ4v) is 2.79. The molecular formula is C20H19ClO. The Bertz CT molecular complexity index is 752. The predicted molar refractivity (Wildman–Crippen MR) is 93.9 cm³/mol. The van der Waals surface area contributed by atoms with E-state index in [1.54, 1.807) is 6.26 Å². The second kappa shape index (κ2) is 5.66. The summed E-state index contributed by atoms with van der Waals surface area (Å²) < 4.78 is 5.61. The fourth-order valence-electron chi connectivity index (χ4n) is 2.66. The van der Waals surface area contributed by atoms with Crippen molar-refractivity contribution in [2.75, 3.05) is 0 Å².